The minimum atomic E-state index is -0.688. The lowest BCUT2D eigenvalue weighted by Crippen LogP contribution is -2.35. The Morgan fingerprint density at radius 2 is 1.79 bits per heavy atom. The van der Waals surface area contributed by atoms with Crippen molar-refractivity contribution in [3.8, 4) is 5.69 Å². The number of carbonyl (C=O) groups excluding carboxylic acids is 3. The van der Waals surface area contributed by atoms with Crippen LogP contribution in [0.4, 0.5) is 5.69 Å². The number of hydrogen-bond donors (Lipinski definition) is 1. The molecule has 0 aliphatic carbocycles. The van der Waals surface area contributed by atoms with Gasteiger partial charge in [0.2, 0.25) is 0 Å². The maximum absolute atomic E-state index is 13.1. The number of fused-ring (bicyclic) bond motifs is 2. The molecule has 8 heteroatoms. The number of thiophene rings is 1. The molecule has 1 aliphatic heterocycles. The second-order valence-electron chi connectivity index (χ2n) is 6.68. The van der Waals surface area contributed by atoms with Gasteiger partial charge in [-0.05, 0) is 37.3 Å². The summed E-state index contributed by atoms with van der Waals surface area (Å²) >= 11 is 1.20. The number of benzene rings is 2. The van der Waals surface area contributed by atoms with Crippen LogP contribution in [0.25, 0.3) is 15.9 Å². The van der Waals surface area contributed by atoms with Gasteiger partial charge in [0.15, 0.2) is 0 Å². The predicted molar refractivity (Wildman–Crippen MR) is 109 cm³/mol. The SMILES string of the molecule is Cc1nn(-c2ccccc2)c2sc(C(=O)N3C(=O)c4cccc(N)c4C3=O)cc12. The van der Waals surface area contributed by atoms with Crippen molar-refractivity contribution in [3.63, 3.8) is 0 Å². The maximum atomic E-state index is 13.1. The Hall–Kier alpha value is -3.78. The van der Waals surface area contributed by atoms with E-state index in [1.54, 1.807) is 16.8 Å². The fourth-order valence-corrected chi connectivity index (χ4v) is 4.62. The van der Waals surface area contributed by atoms with Gasteiger partial charge in [-0.15, -0.1) is 11.3 Å². The highest BCUT2D eigenvalue weighted by Gasteiger charge is 2.42. The van der Waals surface area contributed by atoms with Crippen LogP contribution in [0.3, 0.4) is 0 Å². The van der Waals surface area contributed by atoms with Crippen LogP contribution in [0.5, 0.6) is 0 Å². The highest BCUT2D eigenvalue weighted by Crippen LogP contribution is 2.34. The predicted octanol–water partition coefficient (Wildman–Crippen LogP) is 3.41. The van der Waals surface area contributed by atoms with Crippen molar-refractivity contribution in [2.45, 2.75) is 6.92 Å². The summed E-state index contributed by atoms with van der Waals surface area (Å²) < 4.78 is 1.76. The van der Waals surface area contributed by atoms with Crippen LogP contribution < -0.4 is 5.73 Å². The van der Waals surface area contributed by atoms with E-state index in [0.29, 0.717) is 9.78 Å². The van der Waals surface area contributed by atoms with Gasteiger partial charge in [-0.1, -0.05) is 24.3 Å². The number of nitrogen functional groups attached to an aromatic ring is 1. The molecule has 7 nitrogen and oxygen atoms in total. The topological polar surface area (TPSA) is 98.3 Å². The van der Waals surface area contributed by atoms with Crippen molar-refractivity contribution in [1.82, 2.24) is 14.7 Å². The molecule has 4 aromatic rings. The zero-order valence-corrected chi connectivity index (χ0v) is 16.1. The van der Waals surface area contributed by atoms with Gasteiger partial charge in [0.05, 0.1) is 27.4 Å². The molecule has 0 bridgehead atoms. The molecule has 0 saturated heterocycles. The van der Waals surface area contributed by atoms with E-state index in [1.807, 2.05) is 37.3 Å². The Kier molecular flexibility index (Phi) is 3.65. The van der Waals surface area contributed by atoms with Crippen LogP contribution >= 0.6 is 11.3 Å². The summed E-state index contributed by atoms with van der Waals surface area (Å²) in [6.07, 6.45) is 0. The number of nitrogens with zero attached hydrogens (tertiary/aromatic N) is 3. The van der Waals surface area contributed by atoms with Gasteiger partial charge in [0.25, 0.3) is 17.7 Å². The number of amides is 3. The van der Waals surface area contributed by atoms with E-state index in [4.69, 9.17) is 5.73 Å². The van der Waals surface area contributed by atoms with E-state index in [9.17, 15) is 14.4 Å². The van der Waals surface area contributed by atoms with Crippen molar-refractivity contribution in [2.75, 3.05) is 5.73 Å². The van der Waals surface area contributed by atoms with Gasteiger partial charge in [-0.3, -0.25) is 14.4 Å². The van der Waals surface area contributed by atoms with Gasteiger partial charge in [0, 0.05) is 11.1 Å². The molecule has 2 aromatic carbocycles. The zero-order chi connectivity index (χ0) is 20.3. The number of para-hydroxylation sites is 1. The van der Waals surface area contributed by atoms with Crippen LogP contribution in [0, 0.1) is 6.92 Å². The second-order valence-corrected chi connectivity index (χ2v) is 7.71. The smallest absolute Gasteiger partial charge is 0.278 e. The Morgan fingerprint density at radius 3 is 2.52 bits per heavy atom. The normalized spacial score (nSPS) is 13.3. The molecular weight excluding hydrogens is 388 g/mol. The third-order valence-corrected chi connectivity index (χ3v) is 6.00. The van der Waals surface area contributed by atoms with E-state index < -0.39 is 17.7 Å². The first-order valence-corrected chi connectivity index (χ1v) is 9.65. The van der Waals surface area contributed by atoms with Gasteiger partial charge >= 0.3 is 0 Å². The molecule has 3 heterocycles. The molecule has 0 saturated carbocycles. The Balaban J connectivity index is 1.59. The quantitative estimate of drug-likeness (QED) is 0.409. The van der Waals surface area contributed by atoms with Crippen molar-refractivity contribution in [3.05, 3.63) is 76.3 Å². The summed E-state index contributed by atoms with van der Waals surface area (Å²) in [4.78, 5) is 40.3. The number of aryl methyl sites for hydroxylation is 1. The minimum absolute atomic E-state index is 0.0820. The molecule has 0 atom stereocenters. The van der Waals surface area contributed by atoms with Crippen LogP contribution in [0.15, 0.2) is 54.6 Å². The van der Waals surface area contributed by atoms with Gasteiger partial charge in [0.1, 0.15) is 4.83 Å². The monoisotopic (exact) mass is 402 g/mol. The fraction of sp³-hybridized carbons (Fsp3) is 0.0476. The van der Waals surface area contributed by atoms with E-state index in [1.165, 1.54) is 23.5 Å². The van der Waals surface area contributed by atoms with E-state index in [-0.39, 0.29) is 16.8 Å². The van der Waals surface area contributed by atoms with Crippen LogP contribution in [-0.4, -0.2) is 32.4 Å². The maximum Gasteiger partial charge on any atom is 0.278 e. The summed E-state index contributed by atoms with van der Waals surface area (Å²) in [5.74, 6) is -2.00. The molecule has 29 heavy (non-hydrogen) atoms. The van der Waals surface area contributed by atoms with Gasteiger partial charge in [-0.2, -0.15) is 5.10 Å². The average Bonchev–Trinajstić information content (AvgIpc) is 3.36. The molecule has 5 rings (SSSR count). The van der Waals surface area contributed by atoms with Crippen LogP contribution in [0.2, 0.25) is 0 Å². The van der Waals surface area contributed by atoms with Crippen molar-refractivity contribution >= 4 is 45.0 Å². The average molecular weight is 402 g/mol. The second kappa shape index (κ2) is 6.11. The number of anilines is 1. The molecule has 0 fully saturated rings. The van der Waals surface area contributed by atoms with Gasteiger partial charge in [-0.25, -0.2) is 9.58 Å². The largest absolute Gasteiger partial charge is 0.398 e. The molecule has 2 N–H and O–H groups in total. The molecule has 1 aliphatic rings. The summed E-state index contributed by atoms with van der Waals surface area (Å²) in [7, 11) is 0. The summed E-state index contributed by atoms with van der Waals surface area (Å²) in [6, 6.07) is 15.9. The minimum Gasteiger partial charge on any atom is -0.398 e. The van der Waals surface area contributed by atoms with E-state index >= 15 is 0 Å². The Bertz CT molecular complexity index is 1340. The fourth-order valence-electron chi connectivity index (χ4n) is 3.50. The number of hydrogen-bond acceptors (Lipinski definition) is 6. The standard InChI is InChI=1S/C21H14N4O3S/c1-11-14-10-16(29-21(14)25(23-11)12-6-3-2-4-7-12)19(27)24-18(26)13-8-5-9-15(22)17(13)20(24)28/h2-10H,22H2,1H3. The molecule has 142 valence electrons. The summed E-state index contributed by atoms with van der Waals surface area (Å²) in [5.41, 5.74) is 7.89. The molecule has 3 amide bonds. The number of aromatic nitrogens is 2. The molecule has 0 unspecified atom stereocenters. The van der Waals surface area contributed by atoms with Crippen molar-refractivity contribution in [1.29, 1.82) is 0 Å². The highest BCUT2D eigenvalue weighted by atomic mass is 32.1. The molecule has 0 spiro atoms. The molecule has 0 radical (unpaired) electrons. The van der Waals surface area contributed by atoms with E-state index in [0.717, 1.165) is 21.6 Å². The molecular formula is C21H14N4O3S. The number of rotatable bonds is 2. The Morgan fingerprint density at radius 1 is 1.03 bits per heavy atom. The lowest BCUT2D eigenvalue weighted by Gasteiger charge is -2.10. The first-order valence-electron chi connectivity index (χ1n) is 8.83. The number of imide groups is 3. The number of nitrogens with two attached hydrogens (primary N) is 1. The first kappa shape index (κ1) is 17.3. The van der Waals surface area contributed by atoms with Crippen molar-refractivity contribution < 1.29 is 14.4 Å². The highest BCUT2D eigenvalue weighted by molar-refractivity contribution is 7.20. The van der Waals surface area contributed by atoms with Crippen LogP contribution in [-0.2, 0) is 0 Å². The van der Waals surface area contributed by atoms with Gasteiger partial charge < -0.3 is 5.73 Å². The Labute approximate surface area is 169 Å². The third kappa shape index (κ3) is 2.43. The first-order chi connectivity index (χ1) is 14.0. The summed E-state index contributed by atoms with van der Waals surface area (Å²) in [6.45, 7) is 1.85. The number of carbonyl (C=O) groups is 3. The molecule has 2 aromatic heterocycles. The van der Waals surface area contributed by atoms with Crippen LogP contribution in [0.1, 0.15) is 36.1 Å². The third-order valence-electron chi connectivity index (χ3n) is 4.91. The lowest BCUT2D eigenvalue weighted by atomic mass is 10.1. The zero-order valence-electron chi connectivity index (χ0n) is 15.2. The lowest BCUT2D eigenvalue weighted by molar-refractivity contribution is 0.0569. The van der Waals surface area contributed by atoms with E-state index in [2.05, 4.69) is 5.10 Å². The summed E-state index contributed by atoms with van der Waals surface area (Å²) in [5, 5.41) is 5.35. The van der Waals surface area contributed by atoms with Crippen molar-refractivity contribution in [2.24, 2.45) is 0 Å².